The van der Waals surface area contributed by atoms with Crippen molar-refractivity contribution in [1.29, 1.82) is 0 Å². The lowest BCUT2D eigenvalue weighted by molar-refractivity contribution is 0.644. The van der Waals surface area contributed by atoms with Crippen LogP contribution in [0.15, 0.2) is 78.3 Å². The molecular weight excluding hydrogens is 306 g/mol. The molecule has 1 aliphatic carbocycles. The molecular formula is C22H29N3. The van der Waals surface area contributed by atoms with Gasteiger partial charge in [-0.05, 0) is 25.3 Å². The summed E-state index contributed by atoms with van der Waals surface area (Å²) < 4.78 is 0. The van der Waals surface area contributed by atoms with Gasteiger partial charge in [0.1, 0.15) is 0 Å². The van der Waals surface area contributed by atoms with Crippen molar-refractivity contribution in [3.63, 3.8) is 0 Å². The highest BCUT2D eigenvalue weighted by Gasteiger charge is 2.25. The fourth-order valence-electron chi connectivity index (χ4n) is 2.96. The van der Waals surface area contributed by atoms with E-state index in [4.69, 9.17) is 0 Å². The molecule has 0 fully saturated rings. The molecule has 3 nitrogen and oxygen atoms in total. The van der Waals surface area contributed by atoms with Gasteiger partial charge < -0.3 is 15.6 Å². The zero-order valence-electron chi connectivity index (χ0n) is 15.8. The molecule has 0 saturated heterocycles. The predicted octanol–water partition coefficient (Wildman–Crippen LogP) is 5.75. The van der Waals surface area contributed by atoms with Crippen molar-refractivity contribution in [2.75, 3.05) is 12.4 Å². The number of fused-ring (bicyclic) bond motifs is 1. The van der Waals surface area contributed by atoms with Crippen LogP contribution in [0.1, 0.15) is 27.2 Å². The van der Waals surface area contributed by atoms with E-state index in [-0.39, 0.29) is 0 Å². The summed E-state index contributed by atoms with van der Waals surface area (Å²) in [4.78, 5) is 3.24. The molecule has 1 aromatic heterocycles. The fourth-order valence-corrected chi connectivity index (χ4v) is 2.96. The molecule has 1 heterocycles. The molecule has 1 aliphatic rings. The molecule has 0 aliphatic heterocycles. The third-order valence-electron chi connectivity index (χ3n) is 4.07. The standard InChI is InChI=1S/C15H15N3.C7H14/c1-9-10(2)15(14(9)16-3)18-13-8-17-12-7-5-4-6-11(12)13;1-6(2)5-7(3)4/h4-8,16-18H,1-2H2,3H3;7H,1,5H2,2-4H3. The first-order valence-electron chi connectivity index (χ1n) is 8.63. The highest BCUT2D eigenvalue weighted by atomic mass is 15.0. The molecule has 0 bridgehead atoms. The number of likely N-dealkylation sites (N-methyl/N-ethyl adjacent to an activating group) is 1. The van der Waals surface area contributed by atoms with Crippen LogP contribution in [0.2, 0.25) is 0 Å². The average molecular weight is 335 g/mol. The molecule has 3 N–H and O–H groups in total. The minimum absolute atomic E-state index is 0.775. The number of anilines is 1. The van der Waals surface area contributed by atoms with Gasteiger partial charge in [-0.15, -0.1) is 6.58 Å². The molecule has 0 radical (unpaired) electrons. The second-order valence-electron chi connectivity index (χ2n) is 6.89. The van der Waals surface area contributed by atoms with Gasteiger partial charge in [0.2, 0.25) is 0 Å². The molecule has 0 atom stereocenters. The summed E-state index contributed by atoms with van der Waals surface area (Å²) in [7, 11) is 1.89. The number of rotatable bonds is 5. The molecule has 0 saturated carbocycles. The van der Waals surface area contributed by atoms with Crippen LogP contribution >= 0.6 is 0 Å². The Hall–Kier alpha value is -2.68. The summed E-state index contributed by atoms with van der Waals surface area (Å²) in [5.41, 5.74) is 7.45. The largest absolute Gasteiger partial charge is 0.386 e. The van der Waals surface area contributed by atoms with Crippen LogP contribution in [0, 0.1) is 5.92 Å². The summed E-state index contributed by atoms with van der Waals surface area (Å²) in [5, 5.41) is 7.72. The van der Waals surface area contributed by atoms with E-state index in [1.807, 2.05) is 25.4 Å². The Balaban J connectivity index is 0.000000277. The van der Waals surface area contributed by atoms with E-state index < -0.39 is 0 Å². The Morgan fingerprint density at radius 3 is 2.32 bits per heavy atom. The number of para-hydroxylation sites is 1. The zero-order valence-corrected chi connectivity index (χ0v) is 15.8. The minimum atomic E-state index is 0.775. The Kier molecular flexibility index (Phi) is 5.92. The number of hydrogen-bond donors (Lipinski definition) is 3. The van der Waals surface area contributed by atoms with E-state index in [9.17, 15) is 0 Å². The normalized spacial score (nSPS) is 13.5. The highest BCUT2D eigenvalue weighted by Crippen LogP contribution is 2.37. The van der Waals surface area contributed by atoms with Crippen molar-refractivity contribution in [3.8, 4) is 0 Å². The van der Waals surface area contributed by atoms with Crippen LogP contribution in [0.4, 0.5) is 5.69 Å². The highest BCUT2D eigenvalue weighted by molar-refractivity contribution is 5.94. The first-order chi connectivity index (χ1) is 11.8. The van der Waals surface area contributed by atoms with Gasteiger partial charge in [-0.3, -0.25) is 0 Å². The maximum absolute atomic E-state index is 4.01. The first kappa shape index (κ1) is 18.7. The Bertz CT molecular complexity index is 834. The van der Waals surface area contributed by atoms with E-state index in [1.54, 1.807) is 0 Å². The molecule has 3 rings (SSSR count). The van der Waals surface area contributed by atoms with Gasteiger partial charge in [0, 0.05) is 35.3 Å². The third-order valence-corrected chi connectivity index (χ3v) is 4.07. The maximum Gasteiger partial charge on any atom is 0.0700 e. The van der Waals surface area contributed by atoms with Gasteiger partial charge >= 0.3 is 0 Å². The molecule has 1 aromatic carbocycles. The van der Waals surface area contributed by atoms with E-state index in [0.29, 0.717) is 0 Å². The zero-order chi connectivity index (χ0) is 18.6. The number of aromatic amines is 1. The Labute approximate surface area is 151 Å². The number of hydrogen-bond acceptors (Lipinski definition) is 2. The maximum atomic E-state index is 4.01. The van der Waals surface area contributed by atoms with Gasteiger partial charge in [0.25, 0.3) is 0 Å². The Morgan fingerprint density at radius 2 is 1.76 bits per heavy atom. The van der Waals surface area contributed by atoms with Crippen LogP contribution in [0.25, 0.3) is 10.9 Å². The summed E-state index contributed by atoms with van der Waals surface area (Å²) in [5.74, 6) is 0.775. The lowest BCUT2D eigenvalue weighted by atomic mass is 9.89. The van der Waals surface area contributed by atoms with Crippen LogP contribution in [0.3, 0.4) is 0 Å². The molecule has 25 heavy (non-hydrogen) atoms. The van der Waals surface area contributed by atoms with Gasteiger partial charge in [0.15, 0.2) is 0 Å². The van der Waals surface area contributed by atoms with Gasteiger partial charge in [-0.1, -0.05) is 50.8 Å². The topological polar surface area (TPSA) is 39.9 Å². The van der Waals surface area contributed by atoms with Gasteiger partial charge in [-0.2, -0.15) is 0 Å². The number of allylic oxidation sites excluding steroid dienone is 3. The number of benzene rings is 1. The van der Waals surface area contributed by atoms with Crippen molar-refractivity contribution in [2.45, 2.75) is 27.2 Å². The molecule has 0 unspecified atom stereocenters. The molecule has 132 valence electrons. The molecule has 0 spiro atoms. The number of nitrogens with one attached hydrogen (secondary N) is 3. The lowest BCUT2D eigenvalue weighted by Gasteiger charge is -2.29. The lowest BCUT2D eigenvalue weighted by Crippen LogP contribution is -2.25. The predicted molar refractivity (Wildman–Crippen MR) is 111 cm³/mol. The summed E-state index contributed by atoms with van der Waals surface area (Å²) in [6.07, 6.45) is 3.14. The molecule has 3 heteroatoms. The Morgan fingerprint density at radius 1 is 1.12 bits per heavy atom. The second kappa shape index (κ2) is 7.93. The van der Waals surface area contributed by atoms with E-state index in [0.717, 1.165) is 39.7 Å². The molecule has 2 aromatic rings. The van der Waals surface area contributed by atoms with Gasteiger partial charge in [-0.25, -0.2) is 0 Å². The number of aromatic nitrogens is 1. The van der Waals surface area contributed by atoms with Crippen LogP contribution in [-0.2, 0) is 0 Å². The van der Waals surface area contributed by atoms with Gasteiger partial charge in [0.05, 0.1) is 17.1 Å². The van der Waals surface area contributed by atoms with Crippen LogP contribution in [0.5, 0.6) is 0 Å². The van der Waals surface area contributed by atoms with Crippen molar-refractivity contribution >= 4 is 16.6 Å². The average Bonchev–Trinajstić information content (AvgIpc) is 2.97. The minimum Gasteiger partial charge on any atom is -0.386 e. The summed E-state index contributed by atoms with van der Waals surface area (Å²) in [6, 6.07) is 8.20. The number of H-pyrrole nitrogens is 1. The van der Waals surface area contributed by atoms with Crippen LogP contribution < -0.4 is 10.6 Å². The van der Waals surface area contributed by atoms with Crippen molar-refractivity contribution < 1.29 is 0 Å². The van der Waals surface area contributed by atoms with Crippen molar-refractivity contribution in [3.05, 3.63) is 78.3 Å². The summed E-state index contributed by atoms with van der Waals surface area (Å²) >= 11 is 0. The fraction of sp³-hybridized carbons (Fsp3) is 0.273. The first-order valence-corrected chi connectivity index (χ1v) is 8.63. The quantitative estimate of drug-likeness (QED) is 0.609. The van der Waals surface area contributed by atoms with Crippen LogP contribution in [-0.4, -0.2) is 12.0 Å². The third kappa shape index (κ3) is 4.24. The van der Waals surface area contributed by atoms with E-state index >= 15 is 0 Å². The summed E-state index contributed by atoms with van der Waals surface area (Å²) in [6.45, 7) is 18.3. The van der Waals surface area contributed by atoms with E-state index in [2.05, 4.69) is 68.3 Å². The second-order valence-corrected chi connectivity index (χ2v) is 6.89. The van der Waals surface area contributed by atoms with E-state index in [1.165, 1.54) is 17.4 Å². The van der Waals surface area contributed by atoms with Crippen molar-refractivity contribution in [1.82, 2.24) is 10.3 Å². The molecule has 0 amide bonds. The SMILES string of the molecule is C=C(C)CC(C)C.C=C1C(=C)C(Nc2c[nH]c3ccccc23)=C1NC. The van der Waals surface area contributed by atoms with Crippen molar-refractivity contribution in [2.24, 2.45) is 5.92 Å². The smallest absolute Gasteiger partial charge is 0.0700 e. The monoisotopic (exact) mass is 335 g/mol.